The molecule has 0 heterocycles. The highest BCUT2D eigenvalue weighted by molar-refractivity contribution is 5.12. The second-order valence-corrected chi connectivity index (χ2v) is 4.59. The second-order valence-electron chi connectivity index (χ2n) is 4.59. The van der Waals surface area contributed by atoms with Crippen LogP contribution in [0.5, 0.6) is 0 Å². The van der Waals surface area contributed by atoms with Gasteiger partial charge in [0.2, 0.25) is 0 Å². The summed E-state index contributed by atoms with van der Waals surface area (Å²) in [5.41, 5.74) is 6.28. The van der Waals surface area contributed by atoms with Gasteiger partial charge < -0.3 is 10.8 Å². The molecule has 3 aliphatic rings. The molecule has 12 heavy (non-hydrogen) atoms. The Labute approximate surface area is 73.5 Å². The fourth-order valence-electron chi connectivity index (χ4n) is 2.65. The van der Waals surface area contributed by atoms with E-state index in [0.29, 0.717) is 5.76 Å². The lowest BCUT2D eigenvalue weighted by Gasteiger charge is -2.51. The summed E-state index contributed by atoms with van der Waals surface area (Å²) in [6.45, 7) is 3.68. The highest BCUT2D eigenvalue weighted by Gasteiger charge is 2.48. The van der Waals surface area contributed by atoms with Crippen molar-refractivity contribution in [2.45, 2.75) is 44.1 Å². The third-order valence-corrected chi connectivity index (χ3v) is 3.92. The number of hydrogen-bond acceptors (Lipinski definition) is 2. The topological polar surface area (TPSA) is 46.2 Å². The Bertz CT molecular complexity index is 197. The minimum atomic E-state index is 0.0428. The summed E-state index contributed by atoms with van der Waals surface area (Å²) in [7, 11) is 0. The molecule has 0 aromatic rings. The lowest BCUT2D eigenvalue weighted by Crippen LogP contribution is -2.52. The zero-order valence-electron chi connectivity index (χ0n) is 7.47. The van der Waals surface area contributed by atoms with Gasteiger partial charge in [-0.05, 0) is 38.5 Å². The fourth-order valence-corrected chi connectivity index (χ4v) is 2.65. The number of fused-ring (bicyclic) bond motifs is 3. The maximum absolute atomic E-state index is 9.50. The first-order chi connectivity index (χ1) is 5.56. The van der Waals surface area contributed by atoms with E-state index in [1.807, 2.05) is 0 Å². The molecule has 0 unspecified atom stereocenters. The van der Waals surface area contributed by atoms with Crippen molar-refractivity contribution in [3.63, 3.8) is 0 Å². The second kappa shape index (κ2) is 2.25. The standard InChI is InChI=1S/C10H17NO/c1-8(12)9-2-5-10(11,6-3-9)7-4-9/h12H,1-7,11H2. The summed E-state index contributed by atoms with van der Waals surface area (Å²) in [4.78, 5) is 0. The van der Waals surface area contributed by atoms with Crippen molar-refractivity contribution in [3.05, 3.63) is 12.3 Å². The van der Waals surface area contributed by atoms with Gasteiger partial charge in [-0.2, -0.15) is 0 Å². The molecule has 3 saturated carbocycles. The van der Waals surface area contributed by atoms with Crippen LogP contribution in [0.15, 0.2) is 12.3 Å². The third kappa shape index (κ3) is 0.977. The quantitative estimate of drug-likeness (QED) is 0.587. The molecule has 2 bridgehead atoms. The van der Waals surface area contributed by atoms with E-state index < -0.39 is 0 Å². The maximum Gasteiger partial charge on any atom is 0.0912 e. The highest BCUT2D eigenvalue weighted by atomic mass is 16.3. The molecule has 3 N–H and O–H groups in total. The molecule has 0 atom stereocenters. The van der Waals surface area contributed by atoms with Crippen LogP contribution in [0.1, 0.15) is 38.5 Å². The lowest BCUT2D eigenvalue weighted by molar-refractivity contribution is 0.0413. The number of rotatable bonds is 1. The molecule has 0 aromatic heterocycles. The van der Waals surface area contributed by atoms with Gasteiger partial charge >= 0.3 is 0 Å². The van der Waals surface area contributed by atoms with Gasteiger partial charge in [0.15, 0.2) is 0 Å². The van der Waals surface area contributed by atoms with Gasteiger partial charge in [-0.15, -0.1) is 0 Å². The van der Waals surface area contributed by atoms with Crippen LogP contribution < -0.4 is 5.73 Å². The average Bonchev–Trinajstić information content (AvgIpc) is 2.06. The van der Waals surface area contributed by atoms with Gasteiger partial charge in [0, 0.05) is 11.0 Å². The van der Waals surface area contributed by atoms with Gasteiger partial charge in [-0.1, -0.05) is 6.58 Å². The predicted molar refractivity (Wildman–Crippen MR) is 48.8 cm³/mol. The molecule has 3 aliphatic carbocycles. The van der Waals surface area contributed by atoms with Crippen molar-refractivity contribution in [2.75, 3.05) is 0 Å². The summed E-state index contributed by atoms with van der Waals surface area (Å²) < 4.78 is 0. The van der Waals surface area contributed by atoms with Crippen LogP contribution in [-0.2, 0) is 0 Å². The van der Waals surface area contributed by atoms with Crippen LogP contribution >= 0.6 is 0 Å². The van der Waals surface area contributed by atoms with Crippen molar-refractivity contribution < 1.29 is 5.11 Å². The van der Waals surface area contributed by atoms with Crippen LogP contribution in [-0.4, -0.2) is 10.6 Å². The van der Waals surface area contributed by atoms with Crippen molar-refractivity contribution in [3.8, 4) is 0 Å². The molecular formula is C10H17NO. The summed E-state index contributed by atoms with van der Waals surface area (Å²) in [6.07, 6.45) is 6.31. The Morgan fingerprint density at radius 1 is 1.08 bits per heavy atom. The Balaban J connectivity index is 2.20. The zero-order chi connectivity index (χ0) is 8.82. The highest BCUT2D eigenvalue weighted by Crippen LogP contribution is 2.53. The average molecular weight is 167 g/mol. The predicted octanol–water partition coefficient (Wildman–Crippen LogP) is 2.11. The summed E-state index contributed by atoms with van der Waals surface area (Å²) >= 11 is 0. The number of hydrogen-bond donors (Lipinski definition) is 2. The van der Waals surface area contributed by atoms with Crippen LogP contribution in [0.25, 0.3) is 0 Å². The molecule has 0 aliphatic heterocycles. The third-order valence-electron chi connectivity index (χ3n) is 3.92. The van der Waals surface area contributed by atoms with Crippen molar-refractivity contribution in [1.82, 2.24) is 0 Å². The molecule has 0 saturated heterocycles. The van der Waals surface area contributed by atoms with Crippen molar-refractivity contribution in [1.29, 1.82) is 0 Å². The largest absolute Gasteiger partial charge is 0.512 e. The van der Waals surface area contributed by atoms with E-state index in [0.717, 1.165) is 38.5 Å². The molecule has 3 rings (SSSR count). The van der Waals surface area contributed by atoms with E-state index in [4.69, 9.17) is 5.73 Å². The molecular weight excluding hydrogens is 150 g/mol. The molecule has 3 fully saturated rings. The first-order valence-electron chi connectivity index (χ1n) is 4.74. The Kier molecular flexibility index (Phi) is 1.52. The van der Waals surface area contributed by atoms with E-state index in [1.54, 1.807) is 0 Å². The molecule has 0 radical (unpaired) electrons. The molecule has 2 heteroatoms. The summed E-state index contributed by atoms with van der Waals surface area (Å²) in [5.74, 6) is 0.393. The molecule has 68 valence electrons. The summed E-state index contributed by atoms with van der Waals surface area (Å²) in [6, 6.07) is 0. The number of aliphatic hydroxyl groups is 1. The van der Waals surface area contributed by atoms with Crippen molar-refractivity contribution in [2.24, 2.45) is 11.1 Å². The maximum atomic E-state index is 9.50. The lowest BCUT2D eigenvalue weighted by atomic mass is 9.57. The molecule has 2 nitrogen and oxygen atoms in total. The molecule has 0 amide bonds. The van der Waals surface area contributed by atoms with Gasteiger partial charge in [0.25, 0.3) is 0 Å². The Morgan fingerprint density at radius 3 is 1.83 bits per heavy atom. The number of nitrogens with two attached hydrogens (primary N) is 1. The van der Waals surface area contributed by atoms with Crippen LogP contribution in [0.3, 0.4) is 0 Å². The molecule has 0 aromatic carbocycles. The number of allylic oxidation sites excluding steroid dienone is 1. The van der Waals surface area contributed by atoms with Gasteiger partial charge in [0.1, 0.15) is 0 Å². The van der Waals surface area contributed by atoms with Gasteiger partial charge in [-0.25, -0.2) is 0 Å². The Hall–Kier alpha value is -0.500. The number of aliphatic hydroxyl groups excluding tert-OH is 1. The first-order valence-corrected chi connectivity index (χ1v) is 4.74. The minimum absolute atomic E-state index is 0.0428. The minimum Gasteiger partial charge on any atom is -0.512 e. The van der Waals surface area contributed by atoms with Gasteiger partial charge in [-0.3, -0.25) is 0 Å². The monoisotopic (exact) mass is 167 g/mol. The Morgan fingerprint density at radius 2 is 1.50 bits per heavy atom. The van der Waals surface area contributed by atoms with E-state index in [-0.39, 0.29) is 11.0 Å². The van der Waals surface area contributed by atoms with E-state index in [1.165, 1.54) is 0 Å². The van der Waals surface area contributed by atoms with Crippen molar-refractivity contribution >= 4 is 0 Å². The van der Waals surface area contributed by atoms with Crippen LogP contribution in [0, 0.1) is 5.41 Å². The van der Waals surface area contributed by atoms with E-state index in [2.05, 4.69) is 6.58 Å². The molecule has 0 spiro atoms. The zero-order valence-corrected chi connectivity index (χ0v) is 7.47. The summed E-state index contributed by atoms with van der Waals surface area (Å²) in [5, 5.41) is 9.50. The van der Waals surface area contributed by atoms with Gasteiger partial charge in [0.05, 0.1) is 5.76 Å². The fraction of sp³-hybridized carbons (Fsp3) is 0.800. The SMILES string of the molecule is C=C(O)C12CCC(N)(CC1)CC2. The van der Waals surface area contributed by atoms with E-state index in [9.17, 15) is 5.11 Å². The normalized spacial score (nSPS) is 46.1. The van der Waals surface area contributed by atoms with Crippen LogP contribution in [0.2, 0.25) is 0 Å². The smallest absolute Gasteiger partial charge is 0.0912 e. The van der Waals surface area contributed by atoms with Crippen LogP contribution in [0.4, 0.5) is 0 Å². The first kappa shape index (κ1) is 8.11. The van der Waals surface area contributed by atoms with E-state index >= 15 is 0 Å².